The summed E-state index contributed by atoms with van der Waals surface area (Å²) in [6.07, 6.45) is 0. The molecule has 2 fully saturated rings. The van der Waals surface area contributed by atoms with Crippen molar-refractivity contribution in [1.29, 1.82) is 0 Å². The Morgan fingerprint density at radius 3 is 2.42 bits per heavy atom. The molecule has 102 valence electrons. The van der Waals surface area contributed by atoms with E-state index in [0.717, 1.165) is 45.0 Å². The number of para-hydroxylation sites is 2. The van der Waals surface area contributed by atoms with Crippen LogP contribution in [0.4, 0.5) is 5.69 Å². The number of phenolic OH excluding ortho intramolecular Hbond substituents is 1. The first-order chi connectivity index (χ1) is 9.25. The fourth-order valence-electron chi connectivity index (χ4n) is 2.62. The Bertz CT molecular complexity index is 466. The summed E-state index contributed by atoms with van der Waals surface area (Å²) in [4.78, 5) is 16.2. The van der Waals surface area contributed by atoms with Gasteiger partial charge in [0.2, 0.25) is 5.91 Å². The first-order valence-electron chi connectivity index (χ1n) is 6.78. The third kappa shape index (κ3) is 2.38. The van der Waals surface area contributed by atoms with Crippen molar-refractivity contribution in [2.45, 2.75) is 0 Å². The number of aromatic hydroxyl groups is 1. The zero-order valence-electron chi connectivity index (χ0n) is 10.9. The molecule has 0 radical (unpaired) electrons. The van der Waals surface area contributed by atoms with Gasteiger partial charge < -0.3 is 20.2 Å². The summed E-state index contributed by atoms with van der Waals surface area (Å²) in [5.41, 5.74) is 0.861. The van der Waals surface area contributed by atoms with Crippen molar-refractivity contribution in [2.75, 3.05) is 44.2 Å². The first-order valence-corrected chi connectivity index (χ1v) is 6.78. The van der Waals surface area contributed by atoms with E-state index in [-0.39, 0.29) is 11.8 Å². The van der Waals surface area contributed by atoms with E-state index in [2.05, 4.69) is 10.2 Å². The Morgan fingerprint density at radius 1 is 1.16 bits per heavy atom. The van der Waals surface area contributed by atoms with E-state index in [1.165, 1.54) is 0 Å². The molecule has 0 aliphatic carbocycles. The summed E-state index contributed by atoms with van der Waals surface area (Å²) in [7, 11) is 0. The first kappa shape index (κ1) is 12.3. The number of amides is 1. The number of hydrogen-bond acceptors (Lipinski definition) is 4. The van der Waals surface area contributed by atoms with E-state index < -0.39 is 0 Å². The second-order valence-corrected chi connectivity index (χ2v) is 5.16. The largest absolute Gasteiger partial charge is 0.506 e. The minimum atomic E-state index is 0.177. The van der Waals surface area contributed by atoms with Gasteiger partial charge in [0.25, 0.3) is 0 Å². The lowest BCUT2D eigenvalue weighted by atomic mass is 10.0. The molecule has 5 nitrogen and oxygen atoms in total. The maximum Gasteiger partial charge on any atom is 0.228 e. The Labute approximate surface area is 112 Å². The summed E-state index contributed by atoms with van der Waals surface area (Å²) in [6, 6.07) is 7.37. The lowest BCUT2D eigenvalue weighted by Crippen LogP contribution is -2.56. The molecule has 1 aromatic carbocycles. The average molecular weight is 261 g/mol. The number of carbonyl (C=O) groups is 1. The van der Waals surface area contributed by atoms with Crippen LogP contribution in [-0.2, 0) is 4.79 Å². The zero-order chi connectivity index (χ0) is 13.2. The molecule has 2 aliphatic rings. The molecule has 1 aromatic rings. The summed E-state index contributed by atoms with van der Waals surface area (Å²) >= 11 is 0. The summed E-state index contributed by atoms with van der Waals surface area (Å²) in [5.74, 6) is 0.762. The third-order valence-corrected chi connectivity index (χ3v) is 3.94. The number of anilines is 1. The lowest BCUT2D eigenvalue weighted by molar-refractivity contribution is -0.137. The van der Waals surface area contributed by atoms with Crippen molar-refractivity contribution in [3.05, 3.63) is 24.3 Å². The molecule has 0 atom stereocenters. The maximum absolute atomic E-state index is 12.1. The van der Waals surface area contributed by atoms with Crippen molar-refractivity contribution < 1.29 is 9.90 Å². The van der Waals surface area contributed by atoms with Crippen LogP contribution in [-0.4, -0.2) is 55.2 Å². The minimum absolute atomic E-state index is 0.177. The molecule has 2 saturated heterocycles. The van der Waals surface area contributed by atoms with Gasteiger partial charge in [-0.3, -0.25) is 4.79 Å². The van der Waals surface area contributed by atoms with Gasteiger partial charge in [0, 0.05) is 39.3 Å². The summed E-state index contributed by atoms with van der Waals surface area (Å²) in [6.45, 7) is 4.68. The van der Waals surface area contributed by atoms with Crippen molar-refractivity contribution in [2.24, 2.45) is 5.92 Å². The van der Waals surface area contributed by atoms with E-state index in [1.807, 2.05) is 23.1 Å². The van der Waals surface area contributed by atoms with Gasteiger partial charge in [0.1, 0.15) is 5.75 Å². The van der Waals surface area contributed by atoms with E-state index in [4.69, 9.17) is 0 Å². The molecule has 2 aliphatic heterocycles. The second kappa shape index (κ2) is 5.09. The van der Waals surface area contributed by atoms with E-state index in [1.54, 1.807) is 6.07 Å². The van der Waals surface area contributed by atoms with Crippen molar-refractivity contribution >= 4 is 11.6 Å². The average Bonchev–Trinajstić information content (AvgIpc) is 2.37. The number of rotatable bonds is 2. The quantitative estimate of drug-likeness (QED) is 0.802. The Balaban J connectivity index is 1.60. The minimum Gasteiger partial charge on any atom is -0.506 e. The normalized spacial score (nSPS) is 20.2. The fourth-order valence-corrected chi connectivity index (χ4v) is 2.62. The molecule has 5 heteroatoms. The molecule has 1 amide bonds. The van der Waals surface area contributed by atoms with Crippen LogP contribution < -0.4 is 10.2 Å². The van der Waals surface area contributed by atoms with Crippen LogP contribution in [0.15, 0.2) is 24.3 Å². The Hall–Kier alpha value is -1.75. The van der Waals surface area contributed by atoms with Gasteiger partial charge in [0.05, 0.1) is 11.6 Å². The molecule has 0 unspecified atom stereocenters. The molecule has 19 heavy (non-hydrogen) atoms. The highest BCUT2D eigenvalue weighted by atomic mass is 16.3. The summed E-state index contributed by atoms with van der Waals surface area (Å²) < 4.78 is 0. The number of nitrogens with one attached hydrogen (secondary N) is 1. The maximum atomic E-state index is 12.1. The molecule has 0 bridgehead atoms. The highest BCUT2D eigenvalue weighted by Crippen LogP contribution is 2.27. The van der Waals surface area contributed by atoms with E-state index in [0.29, 0.717) is 5.75 Å². The molecule has 3 rings (SSSR count). The number of phenols is 1. The van der Waals surface area contributed by atoms with Gasteiger partial charge in [-0.25, -0.2) is 0 Å². The van der Waals surface area contributed by atoms with Gasteiger partial charge in [-0.2, -0.15) is 0 Å². The van der Waals surface area contributed by atoms with Crippen LogP contribution >= 0.6 is 0 Å². The molecule has 2 heterocycles. The number of nitrogens with zero attached hydrogens (tertiary/aromatic N) is 2. The standard InChI is InChI=1S/C14H19N3O2/c18-13-4-2-1-3-12(13)16-5-7-17(8-6-16)14(19)11-9-15-10-11/h1-4,11,15,18H,5-10H2. The van der Waals surface area contributed by atoms with E-state index >= 15 is 0 Å². The number of piperazine rings is 1. The van der Waals surface area contributed by atoms with Crippen molar-refractivity contribution in [1.82, 2.24) is 10.2 Å². The highest BCUT2D eigenvalue weighted by molar-refractivity contribution is 5.80. The van der Waals surface area contributed by atoms with Crippen LogP contribution in [0, 0.1) is 5.92 Å². The number of carbonyl (C=O) groups excluding carboxylic acids is 1. The molecule has 0 spiro atoms. The number of hydrogen-bond donors (Lipinski definition) is 2. The van der Waals surface area contributed by atoms with Gasteiger partial charge in [-0.15, -0.1) is 0 Å². The second-order valence-electron chi connectivity index (χ2n) is 5.16. The molecule has 0 aromatic heterocycles. The van der Waals surface area contributed by atoms with Crippen LogP contribution in [0.1, 0.15) is 0 Å². The predicted octanol–water partition coefficient (Wildman–Crippen LogP) is 0.260. The zero-order valence-corrected chi connectivity index (χ0v) is 10.9. The fraction of sp³-hybridized carbons (Fsp3) is 0.500. The molecular formula is C14H19N3O2. The number of benzene rings is 1. The highest BCUT2D eigenvalue weighted by Gasteiger charge is 2.31. The van der Waals surface area contributed by atoms with Crippen LogP contribution in [0.25, 0.3) is 0 Å². The topological polar surface area (TPSA) is 55.8 Å². The Morgan fingerprint density at radius 2 is 1.84 bits per heavy atom. The Kier molecular flexibility index (Phi) is 3.29. The third-order valence-electron chi connectivity index (χ3n) is 3.94. The molecule has 0 saturated carbocycles. The van der Waals surface area contributed by atoms with Crippen molar-refractivity contribution in [3.63, 3.8) is 0 Å². The van der Waals surface area contributed by atoms with Gasteiger partial charge in [0.15, 0.2) is 0 Å². The van der Waals surface area contributed by atoms with E-state index in [9.17, 15) is 9.90 Å². The monoisotopic (exact) mass is 261 g/mol. The summed E-state index contributed by atoms with van der Waals surface area (Å²) in [5, 5.41) is 13.0. The lowest BCUT2D eigenvalue weighted by Gasteiger charge is -2.39. The van der Waals surface area contributed by atoms with Crippen molar-refractivity contribution in [3.8, 4) is 5.75 Å². The molecular weight excluding hydrogens is 242 g/mol. The predicted molar refractivity (Wildman–Crippen MR) is 73.3 cm³/mol. The van der Waals surface area contributed by atoms with Crippen LogP contribution in [0.2, 0.25) is 0 Å². The van der Waals surface area contributed by atoms with Gasteiger partial charge in [-0.1, -0.05) is 12.1 Å². The molecule has 2 N–H and O–H groups in total. The van der Waals surface area contributed by atoms with Gasteiger partial charge >= 0.3 is 0 Å². The van der Waals surface area contributed by atoms with Gasteiger partial charge in [-0.05, 0) is 12.1 Å². The smallest absolute Gasteiger partial charge is 0.228 e. The SMILES string of the molecule is O=C(C1CNC1)N1CCN(c2ccccc2O)CC1. The van der Waals surface area contributed by atoms with Crippen LogP contribution in [0.3, 0.4) is 0 Å². The van der Waals surface area contributed by atoms with Crippen LogP contribution in [0.5, 0.6) is 5.75 Å².